The second kappa shape index (κ2) is 7.95. The van der Waals surface area contributed by atoms with Gasteiger partial charge in [-0.2, -0.15) is 12.6 Å². The number of carbonyl (C=O) groups is 2. The van der Waals surface area contributed by atoms with Crippen molar-refractivity contribution < 1.29 is 14.7 Å². The summed E-state index contributed by atoms with van der Waals surface area (Å²) in [6, 6.07) is -0.972. The molecule has 1 unspecified atom stereocenters. The second-order valence-electron chi connectivity index (χ2n) is 2.70. The molecule has 0 aliphatic rings. The number of thiol groups is 1. The molecule has 1 atom stereocenters. The molecule has 0 heterocycles. The van der Waals surface area contributed by atoms with Crippen LogP contribution in [0.4, 0.5) is 0 Å². The molecular formula is C7H12N4O3S. The fourth-order valence-corrected chi connectivity index (χ4v) is 1.05. The molecule has 0 aromatic rings. The Bertz CT molecular complexity index is 277. The van der Waals surface area contributed by atoms with E-state index in [9.17, 15) is 9.59 Å². The maximum atomic E-state index is 11.1. The SMILES string of the molecule is [N-]=[N+]=NCCCC(=O)NC(CS)C(=O)O. The molecule has 84 valence electrons. The molecule has 0 spiro atoms. The monoisotopic (exact) mass is 232 g/mol. The highest BCUT2D eigenvalue weighted by molar-refractivity contribution is 7.80. The van der Waals surface area contributed by atoms with E-state index in [2.05, 4.69) is 28.0 Å². The van der Waals surface area contributed by atoms with Crippen molar-refractivity contribution in [2.75, 3.05) is 12.3 Å². The van der Waals surface area contributed by atoms with Gasteiger partial charge in [0.1, 0.15) is 6.04 Å². The Balaban J connectivity index is 3.81. The highest BCUT2D eigenvalue weighted by Crippen LogP contribution is 1.94. The molecule has 0 saturated heterocycles. The van der Waals surface area contributed by atoms with Gasteiger partial charge in [-0.15, -0.1) is 0 Å². The molecule has 0 aromatic carbocycles. The van der Waals surface area contributed by atoms with Crippen molar-refractivity contribution in [3.8, 4) is 0 Å². The van der Waals surface area contributed by atoms with Gasteiger partial charge >= 0.3 is 5.97 Å². The zero-order valence-corrected chi connectivity index (χ0v) is 8.85. The minimum absolute atomic E-state index is 0.0391. The summed E-state index contributed by atoms with van der Waals surface area (Å²) < 4.78 is 0. The van der Waals surface area contributed by atoms with Gasteiger partial charge in [-0.3, -0.25) is 4.79 Å². The molecule has 0 bridgehead atoms. The van der Waals surface area contributed by atoms with Gasteiger partial charge in [-0.05, 0) is 12.0 Å². The molecule has 7 nitrogen and oxygen atoms in total. The number of azide groups is 1. The number of carboxylic acids is 1. The number of carboxylic acid groups (broad SMARTS) is 1. The van der Waals surface area contributed by atoms with Crippen LogP contribution in [-0.2, 0) is 9.59 Å². The van der Waals surface area contributed by atoms with E-state index in [1.165, 1.54) is 0 Å². The fourth-order valence-electron chi connectivity index (χ4n) is 0.807. The van der Waals surface area contributed by atoms with E-state index in [1.807, 2.05) is 0 Å². The largest absolute Gasteiger partial charge is 0.480 e. The van der Waals surface area contributed by atoms with Gasteiger partial charge < -0.3 is 10.4 Å². The third kappa shape index (κ3) is 6.64. The summed E-state index contributed by atoms with van der Waals surface area (Å²) in [5.74, 6) is -1.46. The Morgan fingerprint density at radius 1 is 1.60 bits per heavy atom. The predicted octanol–water partition coefficient (Wildman–Crippen LogP) is 0.576. The van der Waals surface area contributed by atoms with Crippen molar-refractivity contribution in [3.05, 3.63) is 10.4 Å². The quantitative estimate of drug-likeness (QED) is 0.196. The number of hydrogen-bond acceptors (Lipinski definition) is 4. The molecule has 2 N–H and O–H groups in total. The van der Waals surface area contributed by atoms with Crippen LogP contribution >= 0.6 is 12.6 Å². The van der Waals surface area contributed by atoms with Crippen LogP contribution in [0.3, 0.4) is 0 Å². The molecule has 0 rings (SSSR count). The van der Waals surface area contributed by atoms with Crippen LogP contribution in [-0.4, -0.2) is 35.3 Å². The van der Waals surface area contributed by atoms with Crippen LogP contribution in [0.15, 0.2) is 5.11 Å². The third-order valence-corrected chi connectivity index (χ3v) is 1.91. The van der Waals surface area contributed by atoms with Crippen molar-refractivity contribution in [1.82, 2.24) is 5.32 Å². The van der Waals surface area contributed by atoms with E-state index >= 15 is 0 Å². The topological polar surface area (TPSA) is 115 Å². The first-order chi connectivity index (χ1) is 7.11. The zero-order valence-electron chi connectivity index (χ0n) is 7.96. The fraction of sp³-hybridized carbons (Fsp3) is 0.714. The number of carbonyl (C=O) groups excluding carboxylic acids is 1. The van der Waals surface area contributed by atoms with Crippen molar-refractivity contribution in [3.63, 3.8) is 0 Å². The van der Waals surface area contributed by atoms with Crippen molar-refractivity contribution in [2.24, 2.45) is 5.11 Å². The Kier molecular flexibility index (Phi) is 7.21. The van der Waals surface area contributed by atoms with Gasteiger partial charge in [0.15, 0.2) is 0 Å². The third-order valence-electron chi connectivity index (χ3n) is 1.54. The maximum absolute atomic E-state index is 11.1. The average molecular weight is 232 g/mol. The number of hydrogen-bond donors (Lipinski definition) is 3. The maximum Gasteiger partial charge on any atom is 0.327 e. The molecule has 1 amide bonds. The number of nitrogens with one attached hydrogen (secondary N) is 1. The molecule has 0 aliphatic heterocycles. The molecule has 15 heavy (non-hydrogen) atoms. The Hall–Kier alpha value is -1.40. The van der Waals surface area contributed by atoms with E-state index in [-0.39, 0.29) is 24.6 Å². The highest BCUT2D eigenvalue weighted by atomic mass is 32.1. The van der Waals surface area contributed by atoms with E-state index in [0.29, 0.717) is 6.42 Å². The molecule has 8 heteroatoms. The summed E-state index contributed by atoms with van der Waals surface area (Å²) in [7, 11) is 0. The number of aliphatic carboxylic acids is 1. The zero-order chi connectivity index (χ0) is 11.7. The molecule has 0 radical (unpaired) electrons. The molecule has 0 fully saturated rings. The summed E-state index contributed by atoms with van der Waals surface area (Å²) in [5, 5.41) is 14.1. The van der Waals surface area contributed by atoms with Gasteiger partial charge in [-0.25, -0.2) is 4.79 Å². The normalized spacial score (nSPS) is 11.3. The summed E-state index contributed by atoms with van der Waals surface area (Å²) >= 11 is 3.79. The average Bonchev–Trinajstić information content (AvgIpc) is 2.20. The van der Waals surface area contributed by atoms with E-state index in [1.54, 1.807) is 0 Å². The van der Waals surface area contributed by atoms with Crippen molar-refractivity contribution in [2.45, 2.75) is 18.9 Å². The molecule has 0 aliphatic carbocycles. The lowest BCUT2D eigenvalue weighted by Crippen LogP contribution is -2.42. The van der Waals surface area contributed by atoms with Crippen LogP contribution < -0.4 is 5.32 Å². The summed E-state index contributed by atoms with van der Waals surface area (Å²) in [6.45, 7) is 0.225. The van der Waals surface area contributed by atoms with E-state index < -0.39 is 12.0 Å². The van der Waals surface area contributed by atoms with Crippen LogP contribution in [0, 0.1) is 0 Å². The first-order valence-electron chi connectivity index (χ1n) is 4.25. The van der Waals surface area contributed by atoms with Gasteiger partial charge in [0, 0.05) is 23.6 Å². The summed E-state index contributed by atoms with van der Waals surface area (Å²) in [4.78, 5) is 24.2. The van der Waals surface area contributed by atoms with Gasteiger partial charge in [0.2, 0.25) is 5.91 Å². The second-order valence-corrected chi connectivity index (χ2v) is 3.06. The lowest BCUT2D eigenvalue weighted by molar-refractivity contribution is -0.141. The van der Waals surface area contributed by atoms with Crippen LogP contribution in [0.1, 0.15) is 12.8 Å². The van der Waals surface area contributed by atoms with Crippen LogP contribution in [0.25, 0.3) is 10.4 Å². The van der Waals surface area contributed by atoms with Gasteiger partial charge in [0.05, 0.1) is 0 Å². The van der Waals surface area contributed by atoms with Crippen molar-refractivity contribution >= 4 is 24.5 Å². The summed E-state index contributed by atoms with van der Waals surface area (Å²) in [6.07, 6.45) is 0.533. The molecular weight excluding hydrogens is 220 g/mol. The number of amides is 1. The highest BCUT2D eigenvalue weighted by Gasteiger charge is 2.17. The lowest BCUT2D eigenvalue weighted by atomic mass is 10.2. The molecule has 0 aromatic heterocycles. The van der Waals surface area contributed by atoms with E-state index in [0.717, 1.165) is 0 Å². The van der Waals surface area contributed by atoms with Crippen LogP contribution in [0.5, 0.6) is 0 Å². The molecule has 0 saturated carbocycles. The van der Waals surface area contributed by atoms with Gasteiger partial charge in [0.25, 0.3) is 0 Å². The minimum atomic E-state index is -1.12. The first kappa shape index (κ1) is 13.6. The first-order valence-corrected chi connectivity index (χ1v) is 4.89. The Morgan fingerprint density at radius 3 is 2.73 bits per heavy atom. The lowest BCUT2D eigenvalue weighted by Gasteiger charge is -2.11. The van der Waals surface area contributed by atoms with Crippen molar-refractivity contribution in [1.29, 1.82) is 0 Å². The number of rotatable bonds is 7. The Labute approximate surface area is 91.9 Å². The summed E-state index contributed by atoms with van der Waals surface area (Å²) in [5.41, 5.74) is 7.96. The smallest absolute Gasteiger partial charge is 0.327 e. The van der Waals surface area contributed by atoms with Crippen LogP contribution in [0.2, 0.25) is 0 Å². The predicted molar refractivity (Wildman–Crippen MR) is 56.7 cm³/mol. The van der Waals surface area contributed by atoms with Gasteiger partial charge in [-0.1, -0.05) is 5.11 Å². The van der Waals surface area contributed by atoms with E-state index in [4.69, 9.17) is 10.6 Å². The minimum Gasteiger partial charge on any atom is -0.480 e. The number of nitrogens with zero attached hydrogens (tertiary/aromatic N) is 3. The standard InChI is InChI=1S/C7H12N4O3S/c8-11-9-3-1-2-6(12)10-5(4-15)7(13)14/h5,15H,1-4H2,(H,10,12)(H,13,14). The Morgan fingerprint density at radius 2 is 2.27 bits per heavy atom.